The van der Waals surface area contributed by atoms with E-state index in [9.17, 15) is 0 Å². The molecule has 6 aliphatic rings. The molecule has 0 bridgehead atoms. The topological polar surface area (TPSA) is 57.1 Å². The van der Waals surface area contributed by atoms with Crippen molar-refractivity contribution in [2.45, 2.75) is 36.7 Å². The zero-order chi connectivity index (χ0) is 37.5. The highest BCUT2D eigenvalue weighted by molar-refractivity contribution is 5.85. The lowest BCUT2D eigenvalue weighted by molar-refractivity contribution is 0.140. The molecule has 0 saturated carbocycles. The van der Waals surface area contributed by atoms with Crippen molar-refractivity contribution in [2.75, 3.05) is 0 Å². The van der Waals surface area contributed by atoms with E-state index in [2.05, 4.69) is 140 Å². The van der Waals surface area contributed by atoms with Crippen molar-refractivity contribution in [3.05, 3.63) is 221 Å². The number of nitrogens with zero attached hydrogens (tertiary/aromatic N) is 3. The van der Waals surface area contributed by atoms with Crippen LogP contribution < -0.4 is 9.47 Å². The summed E-state index contributed by atoms with van der Waals surface area (Å²) in [5.74, 6) is 5.23. The summed E-state index contributed by atoms with van der Waals surface area (Å²) < 4.78 is 13.2. The molecule has 2 aliphatic heterocycles. The fourth-order valence-corrected chi connectivity index (χ4v) is 10.1. The van der Waals surface area contributed by atoms with Gasteiger partial charge in [-0.1, -0.05) is 146 Å². The van der Waals surface area contributed by atoms with Crippen molar-refractivity contribution in [1.82, 2.24) is 15.0 Å². The summed E-state index contributed by atoms with van der Waals surface area (Å²) in [6.45, 7) is 0. The van der Waals surface area contributed by atoms with Gasteiger partial charge in [0.1, 0.15) is 23.4 Å². The first-order valence-electron chi connectivity index (χ1n) is 20.0. The van der Waals surface area contributed by atoms with E-state index in [1.807, 2.05) is 30.3 Å². The number of benzene rings is 5. The van der Waals surface area contributed by atoms with E-state index >= 15 is 0 Å². The third-order valence-electron chi connectivity index (χ3n) is 12.7. The minimum atomic E-state index is -0.343. The van der Waals surface area contributed by atoms with E-state index in [0.717, 1.165) is 53.2 Å². The lowest BCUT2D eigenvalue weighted by atomic mass is 9.59. The van der Waals surface area contributed by atoms with Crippen molar-refractivity contribution >= 4 is 11.1 Å². The van der Waals surface area contributed by atoms with Gasteiger partial charge in [-0.2, -0.15) is 0 Å². The molecule has 0 saturated heterocycles. The number of allylic oxidation sites excluding steroid dienone is 10. The van der Waals surface area contributed by atoms with Crippen molar-refractivity contribution in [3.8, 4) is 34.0 Å². The van der Waals surface area contributed by atoms with Crippen LogP contribution in [0.4, 0.5) is 0 Å². The molecule has 12 rings (SSSR count). The van der Waals surface area contributed by atoms with Crippen LogP contribution in [0.1, 0.15) is 59.1 Å². The molecule has 5 heteroatoms. The maximum absolute atomic E-state index is 6.92. The average molecular weight is 736 g/mol. The number of rotatable bonds is 4. The van der Waals surface area contributed by atoms with Crippen LogP contribution in [-0.2, 0) is 5.41 Å². The molecule has 6 aromatic rings. The second-order valence-corrected chi connectivity index (χ2v) is 15.7. The van der Waals surface area contributed by atoms with Gasteiger partial charge < -0.3 is 9.47 Å². The van der Waals surface area contributed by atoms with Gasteiger partial charge in [0.05, 0.1) is 5.41 Å². The van der Waals surface area contributed by atoms with E-state index in [1.54, 1.807) is 0 Å². The smallest absolute Gasteiger partial charge is 0.164 e. The summed E-state index contributed by atoms with van der Waals surface area (Å²) >= 11 is 0. The molecule has 272 valence electrons. The third kappa shape index (κ3) is 4.91. The van der Waals surface area contributed by atoms with Crippen LogP contribution in [-0.4, -0.2) is 21.1 Å². The number of hydrogen-bond donors (Lipinski definition) is 0. The lowest BCUT2D eigenvalue weighted by Gasteiger charge is -2.47. The van der Waals surface area contributed by atoms with Gasteiger partial charge >= 0.3 is 0 Å². The molecule has 1 aromatic heterocycles. The Bertz CT molecular complexity index is 2810. The van der Waals surface area contributed by atoms with Crippen LogP contribution in [0.5, 0.6) is 11.5 Å². The molecule has 4 aliphatic carbocycles. The number of hydrogen-bond acceptors (Lipinski definition) is 5. The monoisotopic (exact) mass is 735 g/mol. The first kappa shape index (κ1) is 32.4. The summed E-state index contributed by atoms with van der Waals surface area (Å²) in [6, 6.07) is 45.1. The van der Waals surface area contributed by atoms with Crippen LogP contribution in [0.2, 0.25) is 0 Å². The molecule has 3 atom stereocenters. The lowest BCUT2D eigenvalue weighted by Crippen LogP contribution is -2.48. The average Bonchev–Trinajstić information content (AvgIpc) is 3.80. The number of aromatic nitrogens is 3. The molecule has 0 radical (unpaired) electrons. The number of ether oxygens (including phenoxy) is 2. The molecule has 57 heavy (non-hydrogen) atoms. The molecule has 1 spiro atoms. The summed E-state index contributed by atoms with van der Waals surface area (Å²) in [7, 11) is 0. The summed E-state index contributed by atoms with van der Waals surface area (Å²) in [6.07, 6.45) is 18.3. The highest BCUT2D eigenvalue weighted by atomic mass is 16.5. The minimum absolute atomic E-state index is 0.0967. The van der Waals surface area contributed by atoms with Gasteiger partial charge in [0, 0.05) is 34.1 Å². The first-order chi connectivity index (χ1) is 28.2. The highest BCUT2D eigenvalue weighted by Gasteiger charge is 2.56. The second kappa shape index (κ2) is 12.6. The molecule has 5 nitrogen and oxygen atoms in total. The molecule has 0 fully saturated rings. The molecule has 0 amide bonds. The van der Waals surface area contributed by atoms with Crippen LogP contribution in [0.3, 0.4) is 0 Å². The van der Waals surface area contributed by atoms with Crippen LogP contribution >= 0.6 is 0 Å². The Hall–Kier alpha value is -6.85. The van der Waals surface area contributed by atoms with Gasteiger partial charge in [0.15, 0.2) is 17.5 Å². The standard InChI is InChI=1S/C52H37N3O2/c1-2-12-33(13-3-1)49-53-50(55-51(54-49)36-26-28-40-39-16-6-10-20-45(39)56-47(40)31-36)34-24-22-32(23-25-34)35-27-29-44-48(30-35)57-46-21-11-9-19-43(46)52(44)41-17-7-4-14-37(41)38-15-5-8-18-42(38)52/h1-22,24,26-27,29-31,40,44,48H,23,25,28H2. The van der Waals surface area contributed by atoms with Crippen LogP contribution in [0.15, 0.2) is 187 Å². The van der Waals surface area contributed by atoms with Gasteiger partial charge in [-0.15, -0.1) is 0 Å². The van der Waals surface area contributed by atoms with E-state index in [-0.39, 0.29) is 23.4 Å². The number of para-hydroxylation sites is 2. The highest BCUT2D eigenvalue weighted by Crippen LogP contribution is 2.62. The van der Waals surface area contributed by atoms with Gasteiger partial charge in [-0.3, -0.25) is 0 Å². The third-order valence-corrected chi connectivity index (χ3v) is 12.7. The van der Waals surface area contributed by atoms with E-state index < -0.39 is 0 Å². The first-order valence-corrected chi connectivity index (χ1v) is 20.0. The van der Waals surface area contributed by atoms with Gasteiger partial charge in [-0.25, -0.2) is 15.0 Å². The van der Waals surface area contributed by atoms with Gasteiger partial charge in [-0.05, 0) is 82.5 Å². The van der Waals surface area contributed by atoms with Gasteiger partial charge in [0.2, 0.25) is 0 Å². The molecule has 3 heterocycles. The maximum Gasteiger partial charge on any atom is 0.164 e. The molecule has 5 aromatic carbocycles. The van der Waals surface area contributed by atoms with E-state index in [4.69, 9.17) is 24.4 Å². The largest absolute Gasteiger partial charge is 0.485 e. The van der Waals surface area contributed by atoms with Crippen molar-refractivity contribution in [1.29, 1.82) is 0 Å². The second-order valence-electron chi connectivity index (χ2n) is 15.7. The zero-order valence-electron chi connectivity index (χ0n) is 31.2. The molecular formula is C52H37N3O2. The van der Waals surface area contributed by atoms with Crippen molar-refractivity contribution < 1.29 is 9.47 Å². The van der Waals surface area contributed by atoms with E-state index in [1.165, 1.54) is 44.5 Å². The fraction of sp³-hybridized carbons (Fsp3) is 0.135. The SMILES string of the molecule is C1=CC2C(C=C1C1=CC=C(c3nc(C4=CCC5C(=C4)Oc4ccccc45)nc(-c4ccccc4)n3)CC1)Oc1ccccc1C21c2ccccc2-c2ccccc21. The molecular weight excluding hydrogens is 699 g/mol. The summed E-state index contributed by atoms with van der Waals surface area (Å²) in [5, 5.41) is 0. The Labute approximate surface area is 331 Å². The predicted octanol–water partition coefficient (Wildman–Crippen LogP) is 11.4. The zero-order valence-corrected chi connectivity index (χ0v) is 31.2. The Morgan fingerprint density at radius 1 is 0.579 bits per heavy atom. The Morgan fingerprint density at radius 2 is 1.23 bits per heavy atom. The Balaban J connectivity index is 0.898. The van der Waals surface area contributed by atoms with Crippen molar-refractivity contribution in [2.24, 2.45) is 5.92 Å². The molecule has 3 unspecified atom stereocenters. The van der Waals surface area contributed by atoms with Crippen LogP contribution in [0, 0.1) is 5.92 Å². The Kier molecular flexibility index (Phi) is 7.15. The maximum atomic E-state index is 6.92. The van der Waals surface area contributed by atoms with Crippen LogP contribution in [0.25, 0.3) is 33.7 Å². The Morgan fingerprint density at radius 3 is 2.02 bits per heavy atom. The fourth-order valence-electron chi connectivity index (χ4n) is 10.1. The normalized spacial score (nSPS) is 21.5. The van der Waals surface area contributed by atoms with E-state index in [0.29, 0.717) is 17.5 Å². The minimum Gasteiger partial charge on any atom is -0.485 e. The number of fused-ring (bicyclic) bond motifs is 12. The predicted molar refractivity (Wildman–Crippen MR) is 224 cm³/mol. The molecule has 0 N–H and O–H groups in total. The van der Waals surface area contributed by atoms with Crippen molar-refractivity contribution in [3.63, 3.8) is 0 Å². The summed E-state index contributed by atoms with van der Waals surface area (Å²) in [4.78, 5) is 15.2. The summed E-state index contributed by atoms with van der Waals surface area (Å²) in [5.41, 5.74) is 13.0. The van der Waals surface area contributed by atoms with Gasteiger partial charge in [0.25, 0.3) is 0 Å². The quantitative estimate of drug-likeness (QED) is 0.180.